The molecular formula is C26H22N2O. The first-order chi connectivity index (χ1) is 14.3. The second-order valence-electron chi connectivity index (χ2n) is 6.64. The molecule has 0 amide bonds. The number of para-hydroxylation sites is 1. The van der Waals surface area contributed by atoms with Gasteiger partial charge in [0.25, 0.3) is 0 Å². The summed E-state index contributed by atoms with van der Waals surface area (Å²) >= 11 is 0. The fourth-order valence-electron chi connectivity index (χ4n) is 3.30. The van der Waals surface area contributed by atoms with Gasteiger partial charge in [-0.2, -0.15) is 0 Å². The van der Waals surface area contributed by atoms with Crippen molar-refractivity contribution >= 4 is 22.7 Å². The van der Waals surface area contributed by atoms with Gasteiger partial charge in [-0.05, 0) is 60.7 Å². The number of benzene rings is 3. The molecule has 1 aliphatic rings. The van der Waals surface area contributed by atoms with Crippen molar-refractivity contribution in [2.24, 2.45) is 0 Å². The molecule has 3 aromatic carbocycles. The van der Waals surface area contributed by atoms with Crippen LogP contribution in [-0.2, 0) is 0 Å². The monoisotopic (exact) mass is 378 g/mol. The highest BCUT2D eigenvalue weighted by atomic mass is 16.5. The smallest absolute Gasteiger partial charge is 0.120 e. The highest BCUT2D eigenvalue weighted by molar-refractivity contribution is 5.73. The third-order valence-corrected chi connectivity index (χ3v) is 4.85. The number of allylic oxidation sites excluding steroid dienone is 3. The van der Waals surface area contributed by atoms with Gasteiger partial charge >= 0.3 is 0 Å². The second kappa shape index (κ2) is 8.41. The first kappa shape index (κ1) is 18.5. The minimum absolute atomic E-state index is 0.846. The Hall–Kier alpha value is -3.90. The standard InChI is InChI=1S/C26H22N2O/c1-27(25-14-9-15-26(20-25)29-2)21-16-18-24(19-17-21)28(22-10-5-3-6-11-22)23-12-7-4-8-13-23/h3,5-7,9-20H,1-2H3. The molecule has 0 aromatic heterocycles. The molecule has 0 atom stereocenters. The molecule has 0 heterocycles. The lowest BCUT2D eigenvalue weighted by Crippen LogP contribution is -2.15. The number of nitrogens with zero attached hydrogens (tertiary/aromatic N) is 2. The van der Waals surface area contributed by atoms with E-state index < -0.39 is 0 Å². The van der Waals surface area contributed by atoms with Crippen molar-refractivity contribution in [1.29, 1.82) is 0 Å². The van der Waals surface area contributed by atoms with Crippen LogP contribution < -0.4 is 14.5 Å². The molecular weight excluding hydrogens is 356 g/mol. The lowest BCUT2D eigenvalue weighted by atomic mass is 10.1. The van der Waals surface area contributed by atoms with E-state index in [1.165, 1.54) is 0 Å². The van der Waals surface area contributed by atoms with Crippen molar-refractivity contribution < 1.29 is 4.74 Å². The summed E-state index contributed by atoms with van der Waals surface area (Å²) in [6.45, 7) is 0. The van der Waals surface area contributed by atoms with Crippen LogP contribution in [0.4, 0.5) is 22.7 Å². The fraction of sp³-hybridized carbons (Fsp3) is 0.0769. The third-order valence-electron chi connectivity index (χ3n) is 4.85. The molecule has 0 unspecified atom stereocenters. The van der Waals surface area contributed by atoms with E-state index in [4.69, 9.17) is 4.74 Å². The molecule has 142 valence electrons. The predicted molar refractivity (Wildman–Crippen MR) is 120 cm³/mol. The van der Waals surface area contributed by atoms with Gasteiger partial charge in [0.2, 0.25) is 0 Å². The van der Waals surface area contributed by atoms with Crippen LogP contribution in [0, 0.1) is 0 Å². The first-order valence-electron chi connectivity index (χ1n) is 9.47. The van der Waals surface area contributed by atoms with Gasteiger partial charge in [-0.3, -0.25) is 0 Å². The zero-order valence-corrected chi connectivity index (χ0v) is 16.5. The predicted octanol–water partition coefficient (Wildman–Crippen LogP) is 6.37. The van der Waals surface area contributed by atoms with Gasteiger partial charge in [0.05, 0.1) is 12.8 Å². The van der Waals surface area contributed by atoms with Crippen LogP contribution in [-0.4, -0.2) is 14.2 Å². The number of anilines is 4. The van der Waals surface area contributed by atoms with E-state index in [9.17, 15) is 0 Å². The summed E-state index contributed by atoms with van der Waals surface area (Å²) in [5.41, 5.74) is 11.4. The Morgan fingerprint density at radius 1 is 0.724 bits per heavy atom. The molecule has 0 radical (unpaired) electrons. The number of hydrogen-bond acceptors (Lipinski definition) is 3. The van der Waals surface area contributed by atoms with Crippen LogP contribution in [0.2, 0.25) is 0 Å². The van der Waals surface area contributed by atoms with Gasteiger partial charge in [0.1, 0.15) is 5.75 Å². The molecule has 0 saturated carbocycles. The quantitative estimate of drug-likeness (QED) is 0.464. The summed E-state index contributed by atoms with van der Waals surface area (Å²) in [6, 6.07) is 26.9. The van der Waals surface area contributed by atoms with E-state index in [0.717, 1.165) is 34.2 Å². The lowest BCUT2D eigenvalue weighted by molar-refractivity contribution is 0.415. The topological polar surface area (TPSA) is 15.7 Å². The second-order valence-corrected chi connectivity index (χ2v) is 6.64. The molecule has 0 fully saturated rings. The van der Waals surface area contributed by atoms with Crippen LogP contribution in [0.5, 0.6) is 5.75 Å². The Morgan fingerprint density at radius 3 is 2.10 bits per heavy atom. The van der Waals surface area contributed by atoms with E-state index in [1.807, 2.05) is 54.6 Å². The Morgan fingerprint density at radius 2 is 1.41 bits per heavy atom. The van der Waals surface area contributed by atoms with E-state index in [0.29, 0.717) is 0 Å². The molecule has 3 aromatic rings. The van der Waals surface area contributed by atoms with E-state index in [2.05, 4.69) is 70.8 Å². The highest BCUT2D eigenvalue weighted by Gasteiger charge is 2.14. The van der Waals surface area contributed by atoms with Crippen molar-refractivity contribution in [3.8, 4) is 5.75 Å². The Balaban J connectivity index is 1.66. The molecule has 0 N–H and O–H groups in total. The fourth-order valence-corrected chi connectivity index (χ4v) is 3.30. The number of ether oxygens (including phenoxy) is 1. The lowest BCUT2D eigenvalue weighted by Gasteiger charge is -2.27. The Labute approximate surface area is 171 Å². The van der Waals surface area contributed by atoms with Gasteiger partial charge in [0, 0.05) is 41.9 Å². The summed E-state index contributed by atoms with van der Waals surface area (Å²) in [5, 5.41) is 0. The largest absolute Gasteiger partial charge is 0.497 e. The first-order valence-corrected chi connectivity index (χ1v) is 9.47. The van der Waals surface area contributed by atoms with Crippen molar-refractivity contribution in [3.05, 3.63) is 114 Å². The van der Waals surface area contributed by atoms with Crippen LogP contribution in [0.25, 0.3) is 0 Å². The SMILES string of the molecule is COc1cccc(N(C)c2ccc(N(C3=CC=C=C=C3)c3ccccc3)cc2)c1. The molecule has 3 heteroatoms. The van der Waals surface area contributed by atoms with Crippen LogP contribution >= 0.6 is 0 Å². The molecule has 0 spiro atoms. The summed E-state index contributed by atoms with van der Waals surface area (Å²) < 4.78 is 5.35. The minimum atomic E-state index is 0.846. The normalized spacial score (nSPS) is 11.9. The summed E-state index contributed by atoms with van der Waals surface area (Å²) in [6.07, 6.45) is 5.87. The molecule has 4 rings (SSSR count). The van der Waals surface area contributed by atoms with E-state index in [-0.39, 0.29) is 0 Å². The molecule has 0 saturated heterocycles. The van der Waals surface area contributed by atoms with Crippen molar-refractivity contribution in [3.63, 3.8) is 0 Å². The average Bonchev–Trinajstić information content (AvgIpc) is 2.81. The zero-order chi connectivity index (χ0) is 20.1. The van der Waals surface area contributed by atoms with Crippen LogP contribution in [0.15, 0.2) is 114 Å². The average molecular weight is 378 g/mol. The highest BCUT2D eigenvalue weighted by Crippen LogP contribution is 2.33. The third kappa shape index (κ3) is 4.02. The van der Waals surface area contributed by atoms with Crippen molar-refractivity contribution in [2.45, 2.75) is 0 Å². The molecule has 1 aliphatic carbocycles. The molecule has 3 nitrogen and oxygen atoms in total. The molecule has 29 heavy (non-hydrogen) atoms. The van der Waals surface area contributed by atoms with Crippen LogP contribution in [0.1, 0.15) is 0 Å². The van der Waals surface area contributed by atoms with E-state index >= 15 is 0 Å². The molecule has 0 bridgehead atoms. The van der Waals surface area contributed by atoms with E-state index in [1.54, 1.807) is 7.11 Å². The Bertz CT molecular complexity index is 1120. The summed E-state index contributed by atoms with van der Waals surface area (Å²) in [4.78, 5) is 4.35. The van der Waals surface area contributed by atoms with Crippen molar-refractivity contribution in [1.82, 2.24) is 0 Å². The summed E-state index contributed by atoms with van der Waals surface area (Å²) in [5.74, 6) is 0.846. The van der Waals surface area contributed by atoms with Gasteiger partial charge in [-0.25, -0.2) is 0 Å². The minimum Gasteiger partial charge on any atom is -0.497 e. The number of hydrogen-bond donors (Lipinski definition) is 0. The number of rotatable bonds is 6. The van der Waals surface area contributed by atoms with Crippen molar-refractivity contribution in [2.75, 3.05) is 24.0 Å². The summed E-state index contributed by atoms with van der Waals surface area (Å²) in [7, 11) is 3.74. The molecule has 0 aliphatic heterocycles. The van der Waals surface area contributed by atoms with Gasteiger partial charge in [-0.1, -0.05) is 35.7 Å². The maximum Gasteiger partial charge on any atom is 0.120 e. The zero-order valence-electron chi connectivity index (χ0n) is 16.5. The van der Waals surface area contributed by atoms with Gasteiger partial charge < -0.3 is 14.5 Å². The number of methoxy groups -OCH3 is 1. The van der Waals surface area contributed by atoms with Gasteiger partial charge in [0.15, 0.2) is 0 Å². The van der Waals surface area contributed by atoms with Gasteiger partial charge in [-0.15, -0.1) is 0 Å². The maximum atomic E-state index is 5.35. The van der Waals surface area contributed by atoms with Crippen LogP contribution in [0.3, 0.4) is 0 Å². The Kier molecular flexibility index (Phi) is 5.36. The maximum absolute atomic E-state index is 5.35.